The Bertz CT molecular complexity index is 588. The maximum Gasteiger partial charge on any atom is 0.0403 e. The Morgan fingerprint density at radius 2 is 1.95 bits per heavy atom. The van der Waals surface area contributed by atoms with Crippen molar-refractivity contribution in [3.63, 3.8) is 0 Å². The summed E-state index contributed by atoms with van der Waals surface area (Å²) in [6, 6.07) is 15.2. The number of aryl methyl sites for hydroxylation is 1. The van der Waals surface area contributed by atoms with E-state index in [1.807, 2.05) is 0 Å². The van der Waals surface area contributed by atoms with Crippen LogP contribution in [0.15, 0.2) is 46.9 Å². The largest absolute Gasteiger partial charge is 0.381 e. The van der Waals surface area contributed by atoms with Gasteiger partial charge in [0.2, 0.25) is 0 Å². The van der Waals surface area contributed by atoms with Crippen molar-refractivity contribution in [2.45, 2.75) is 32.2 Å². The van der Waals surface area contributed by atoms with Crippen LogP contribution in [0.4, 0.5) is 5.69 Å². The molecule has 0 heterocycles. The Hall–Kier alpha value is -1.28. The zero-order chi connectivity index (χ0) is 13.2. The lowest BCUT2D eigenvalue weighted by atomic mass is 10.0. The molecule has 2 aromatic rings. The zero-order valence-electron chi connectivity index (χ0n) is 11.1. The van der Waals surface area contributed by atoms with Crippen molar-refractivity contribution in [1.29, 1.82) is 0 Å². The fourth-order valence-corrected chi connectivity index (χ4v) is 2.69. The van der Waals surface area contributed by atoms with Gasteiger partial charge >= 0.3 is 0 Å². The molecular formula is C17H18BrN. The number of hydrogen-bond acceptors (Lipinski definition) is 1. The molecule has 0 atom stereocenters. The molecule has 0 spiro atoms. The summed E-state index contributed by atoms with van der Waals surface area (Å²) >= 11 is 3.54. The molecule has 98 valence electrons. The third-order valence-electron chi connectivity index (χ3n) is 3.71. The summed E-state index contributed by atoms with van der Waals surface area (Å²) in [4.78, 5) is 0. The fourth-order valence-electron chi connectivity index (χ4n) is 2.44. The molecule has 0 unspecified atom stereocenters. The lowest BCUT2D eigenvalue weighted by molar-refractivity contribution is 1.03. The van der Waals surface area contributed by atoms with Crippen molar-refractivity contribution in [3.8, 4) is 0 Å². The van der Waals surface area contributed by atoms with Crippen LogP contribution in [0.25, 0.3) is 0 Å². The van der Waals surface area contributed by atoms with Gasteiger partial charge in [0, 0.05) is 16.7 Å². The van der Waals surface area contributed by atoms with E-state index in [2.05, 4.69) is 70.6 Å². The quantitative estimate of drug-likeness (QED) is 0.812. The summed E-state index contributed by atoms with van der Waals surface area (Å²) in [5, 5.41) is 3.53. The fraction of sp³-hybridized carbons (Fsp3) is 0.294. The number of benzene rings is 2. The topological polar surface area (TPSA) is 12.0 Å². The highest BCUT2D eigenvalue weighted by atomic mass is 79.9. The molecule has 0 aliphatic heterocycles. The molecular weight excluding hydrogens is 298 g/mol. The first kappa shape index (κ1) is 12.7. The Kier molecular flexibility index (Phi) is 3.61. The van der Waals surface area contributed by atoms with Gasteiger partial charge in [0.15, 0.2) is 0 Å². The third kappa shape index (κ3) is 3.01. The Morgan fingerprint density at radius 1 is 1.16 bits per heavy atom. The van der Waals surface area contributed by atoms with Crippen LogP contribution in [0.3, 0.4) is 0 Å². The first-order valence-electron chi connectivity index (χ1n) is 6.82. The molecule has 0 saturated heterocycles. The molecule has 1 aliphatic rings. The lowest BCUT2D eigenvalue weighted by Gasteiger charge is -2.12. The summed E-state index contributed by atoms with van der Waals surface area (Å²) in [6.07, 6.45) is 2.71. The molecule has 1 saturated carbocycles. The predicted octanol–water partition coefficient (Wildman–Crippen LogP) is 5.25. The maximum atomic E-state index is 3.54. The zero-order valence-corrected chi connectivity index (χ0v) is 12.7. The van der Waals surface area contributed by atoms with Crippen molar-refractivity contribution in [1.82, 2.24) is 0 Å². The van der Waals surface area contributed by atoms with Crippen molar-refractivity contribution in [2.75, 3.05) is 5.32 Å². The summed E-state index contributed by atoms with van der Waals surface area (Å²) in [5.41, 5.74) is 5.42. The van der Waals surface area contributed by atoms with Crippen LogP contribution >= 0.6 is 15.9 Å². The van der Waals surface area contributed by atoms with E-state index in [0.29, 0.717) is 0 Å². The third-order valence-corrected chi connectivity index (χ3v) is 4.60. The molecule has 3 rings (SSSR count). The van der Waals surface area contributed by atoms with E-state index in [9.17, 15) is 0 Å². The minimum Gasteiger partial charge on any atom is -0.381 e. The van der Waals surface area contributed by atoms with Gasteiger partial charge in [-0.05, 0) is 60.6 Å². The number of nitrogens with one attached hydrogen (secondary N) is 1. The normalized spacial score (nSPS) is 14.4. The molecule has 0 amide bonds. The van der Waals surface area contributed by atoms with Gasteiger partial charge in [-0.25, -0.2) is 0 Å². The van der Waals surface area contributed by atoms with Gasteiger partial charge in [-0.1, -0.05) is 40.2 Å². The highest BCUT2D eigenvalue weighted by molar-refractivity contribution is 9.10. The predicted molar refractivity (Wildman–Crippen MR) is 84.6 cm³/mol. The van der Waals surface area contributed by atoms with Crippen LogP contribution in [0.1, 0.15) is 35.4 Å². The summed E-state index contributed by atoms with van der Waals surface area (Å²) in [6.45, 7) is 3.03. The van der Waals surface area contributed by atoms with E-state index >= 15 is 0 Å². The Morgan fingerprint density at radius 3 is 2.68 bits per heavy atom. The van der Waals surface area contributed by atoms with Gasteiger partial charge in [-0.3, -0.25) is 0 Å². The van der Waals surface area contributed by atoms with Gasteiger partial charge in [0.25, 0.3) is 0 Å². The molecule has 0 aromatic heterocycles. The smallest absolute Gasteiger partial charge is 0.0403 e. The Labute approximate surface area is 123 Å². The van der Waals surface area contributed by atoms with Crippen LogP contribution in [0, 0.1) is 6.92 Å². The summed E-state index contributed by atoms with van der Waals surface area (Å²) < 4.78 is 1.16. The number of rotatable bonds is 4. The van der Waals surface area contributed by atoms with E-state index in [1.54, 1.807) is 0 Å². The van der Waals surface area contributed by atoms with Crippen molar-refractivity contribution >= 4 is 21.6 Å². The average molecular weight is 316 g/mol. The van der Waals surface area contributed by atoms with Crippen LogP contribution < -0.4 is 5.32 Å². The lowest BCUT2D eigenvalue weighted by Crippen LogP contribution is -2.02. The molecule has 2 aromatic carbocycles. The van der Waals surface area contributed by atoms with Gasteiger partial charge in [-0.15, -0.1) is 0 Å². The molecule has 1 fully saturated rings. The highest BCUT2D eigenvalue weighted by Gasteiger charge is 2.25. The van der Waals surface area contributed by atoms with E-state index in [1.165, 1.54) is 35.2 Å². The standard InChI is InChI=1S/C17H18BrN/c1-12-10-15(8-9-17(12)18)19-11-14-4-2-3-5-16(14)13-6-7-13/h2-5,8-10,13,19H,6-7,11H2,1H3. The average Bonchev–Trinajstić information content (AvgIpc) is 3.25. The molecule has 1 nitrogen and oxygen atoms in total. The van der Waals surface area contributed by atoms with Crippen molar-refractivity contribution < 1.29 is 0 Å². The number of anilines is 1. The van der Waals surface area contributed by atoms with Gasteiger partial charge in [0.1, 0.15) is 0 Å². The molecule has 19 heavy (non-hydrogen) atoms. The van der Waals surface area contributed by atoms with Gasteiger partial charge in [0.05, 0.1) is 0 Å². The van der Waals surface area contributed by atoms with Gasteiger partial charge < -0.3 is 5.32 Å². The first-order chi connectivity index (χ1) is 9.24. The van der Waals surface area contributed by atoms with Crippen molar-refractivity contribution in [2.24, 2.45) is 0 Å². The minimum atomic E-state index is 0.810. The number of hydrogen-bond donors (Lipinski definition) is 1. The Balaban J connectivity index is 1.73. The summed E-state index contributed by atoms with van der Waals surface area (Å²) in [7, 11) is 0. The van der Waals surface area contributed by atoms with E-state index in [4.69, 9.17) is 0 Å². The van der Waals surface area contributed by atoms with E-state index in [0.717, 1.165) is 16.9 Å². The molecule has 0 radical (unpaired) electrons. The van der Waals surface area contributed by atoms with E-state index in [-0.39, 0.29) is 0 Å². The van der Waals surface area contributed by atoms with E-state index < -0.39 is 0 Å². The van der Waals surface area contributed by atoms with Crippen LogP contribution in [-0.4, -0.2) is 0 Å². The van der Waals surface area contributed by atoms with Crippen molar-refractivity contribution in [3.05, 3.63) is 63.6 Å². The number of halogens is 1. The molecule has 1 N–H and O–H groups in total. The second-order valence-electron chi connectivity index (χ2n) is 5.29. The van der Waals surface area contributed by atoms with Crippen LogP contribution in [-0.2, 0) is 6.54 Å². The maximum absolute atomic E-state index is 3.54. The second kappa shape index (κ2) is 5.38. The van der Waals surface area contributed by atoms with Crippen LogP contribution in [0.5, 0.6) is 0 Å². The first-order valence-corrected chi connectivity index (χ1v) is 7.61. The SMILES string of the molecule is Cc1cc(NCc2ccccc2C2CC2)ccc1Br. The monoisotopic (exact) mass is 315 g/mol. The molecule has 0 bridgehead atoms. The molecule has 1 aliphatic carbocycles. The highest BCUT2D eigenvalue weighted by Crippen LogP contribution is 2.41. The minimum absolute atomic E-state index is 0.810. The second-order valence-corrected chi connectivity index (χ2v) is 6.14. The van der Waals surface area contributed by atoms with Crippen LogP contribution in [0.2, 0.25) is 0 Å². The molecule has 2 heteroatoms. The van der Waals surface area contributed by atoms with Gasteiger partial charge in [-0.2, -0.15) is 0 Å². The summed E-state index contributed by atoms with van der Waals surface area (Å²) in [5.74, 6) is 0.810.